The van der Waals surface area contributed by atoms with Gasteiger partial charge in [-0.2, -0.15) is 0 Å². The van der Waals surface area contributed by atoms with Gasteiger partial charge in [0.2, 0.25) is 0 Å². The molecule has 2 rings (SSSR count). The molecule has 2 atom stereocenters. The van der Waals surface area contributed by atoms with Crippen molar-refractivity contribution in [3.05, 3.63) is 35.9 Å². The number of carbonyl (C=O) groups is 1. The molecule has 1 fully saturated rings. The first-order valence-corrected chi connectivity index (χ1v) is 6.42. The fraction of sp³-hybridized carbons (Fsp3) is 0.500. The third kappa shape index (κ3) is 4.37. The van der Waals surface area contributed by atoms with Crippen LogP contribution in [0.5, 0.6) is 0 Å². The van der Waals surface area contributed by atoms with E-state index in [0.717, 1.165) is 12.0 Å². The van der Waals surface area contributed by atoms with E-state index in [2.05, 4.69) is 17.6 Å². The van der Waals surface area contributed by atoms with Crippen molar-refractivity contribution in [3.8, 4) is 0 Å². The molecule has 0 saturated heterocycles. The van der Waals surface area contributed by atoms with E-state index < -0.39 is 0 Å². The third-order valence-electron chi connectivity index (χ3n) is 3.07. The van der Waals surface area contributed by atoms with Crippen LogP contribution in [0.15, 0.2) is 30.3 Å². The first-order chi connectivity index (χ1) is 8.75. The lowest BCUT2D eigenvalue weighted by atomic mass is 10.2. The molecule has 2 amide bonds. The van der Waals surface area contributed by atoms with E-state index in [1.807, 2.05) is 30.3 Å². The Labute approximate surface area is 108 Å². The van der Waals surface area contributed by atoms with E-state index in [1.165, 1.54) is 0 Å². The normalized spacial score (nSPS) is 21.4. The topological polar surface area (TPSA) is 50.4 Å². The molecule has 0 aliphatic heterocycles. The number of amides is 2. The summed E-state index contributed by atoms with van der Waals surface area (Å²) in [6.07, 6.45) is 1.10. The summed E-state index contributed by atoms with van der Waals surface area (Å²) in [6, 6.07) is 10.3. The van der Waals surface area contributed by atoms with Crippen molar-refractivity contribution in [2.75, 3.05) is 13.2 Å². The Hall–Kier alpha value is -1.55. The maximum Gasteiger partial charge on any atom is 0.315 e. The Morgan fingerprint density at radius 2 is 2.11 bits per heavy atom. The summed E-state index contributed by atoms with van der Waals surface area (Å²) in [6.45, 7) is 3.79. The second kappa shape index (κ2) is 6.40. The highest BCUT2D eigenvalue weighted by atomic mass is 16.5. The van der Waals surface area contributed by atoms with Gasteiger partial charge in [-0.25, -0.2) is 4.79 Å². The van der Waals surface area contributed by atoms with Crippen molar-refractivity contribution in [1.82, 2.24) is 10.6 Å². The van der Waals surface area contributed by atoms with E-state index in [0.29, 0.717) is 31.7 Å². The van der Waals surface area contributed by atoms with Gasteiger partial charge < -0.3 is 15.4 Å². The predicted octanol–water partition coefficient (Wildman–Crippen LogP) is 1.91. The van der Waals surface area contributed by atoms with Crippen LogP contribution >= 0.6 is 0 Å². The first kappa shape index (κ1) is 12.9. The number of nitrogens with one attached hydrogen (secondary N) is 2. The highest BCUT2D eigenvalue weighted by molar-refractivity contribution is 5.74. The van der Waals surface area contributed by atoms with Gasteiger partial charge in [0.05, 0.1) is 13.2 Å². The van der Waals surface area contributed by atoms with E-state index in [1.54, 1.807) is 0 Å². The van der Waals surface area contributed by atoms with Crippen LogP contribution in [0.25, 0.3) is 0 Å². The first-order valence-electron chi connectivity index (χ1n) is 6.42. The molecule has 1 saturated carbocycles. The van der Waals surface area contributed by atoms with Gasteiger partial charge in [-0.3, -0.25) is 0 Å². The van der Waals surface area contributed by atoms with E-state index in [-0.39, 0.29) is 6.03 Å². The zero-order valence-corrected chi connectivity index (χ0v) is 10.7. The molecule has 4 nitrogen and oxygen atoms in total. The van der Waals surface area contributed by atoms with Crippen molar-refractivity contribution in [2.45, 2.75) is 26.0 Å². The van der Waals surface area contributed by atoms with Crippen molar-refractivity contribution in [1.29, 1.82) is 0 Å². The summed E-state index contributed by atoms with van der Waals surface area (Å²) in [4.78, 5) is 11.4. The minimum absolute atomic E-state index is 0.0901. The third-order valence-corrected chi connectivity index (χ3v) is 3.07. The molecule has 98 valence electrons. The smallest absolute Gasteiger partial charge is 0.315 e. The number of hydrogen-bond acceptors (Lipinski definition) is 2. The van der Waals surface area contributed by atoms with Gasteiger partial charge in [0.15, 0.2) is 0 Å². The molecule has 0 unspecified atom stereocenters. The van der Waals surface area contributed by atoms with Crippen molar-refractivity contribution in [3.63, 3.8) is 0 Å². The zero-order chi connectivity index (χ0) is 12.8. The Morgan fingerprint density at radius 1 is 1.39 bits per heavy atom. The molecule has 0 radical (unpaired) electrons. The maximum absolute atomic E-state index is 11.4. The average Bonchev–Trinajstić information content (AvgIpc) is 3.05. The Bertz CT molecular complexity index is 381. The van der Waals surface area contributed by atoms with Crippen molar-refractivity contribution in [2.24, 2.45) is 5.92 Å². The molecular formula is C14H20N2O2. The highest BCUT2D eigenvalue weighted by Crippen LogP contribution is 2.28. The SMILES string of the molecule is C[C@@H]1C[C@@H]1NC(=O)NCCOCc1ccccc1. The number of carbonyl (C=O) groups excluding carboxylic acids is 1. The van der Waals surface area contributed by atoms with Gasteiger partial charge in [0, 0.05) is 12.6 Å². The Balaban J connectivity index is 1.49. The van der Waals surface area contributed by atoms with Gasteiger partial charge in [0.1, 0.15) is 0 Å². The van der Waals surface area contributed by atoms with Crippen LogP contribution in [0.3, 0.4) is 0 Å². The van der Waals surface area contributed by atoms with Gasteiger partial charge >= 0.3 is 6.03 Å². The van der Waals surface area contributed by atoms with Gasteiger partial charge in [-0.1, -0.05) is 37.3 Å². The lowest BCUT2D eigenvalue weighted by Gasteiger charge is -2.07. The second-order valence-electron chi connectivity index (χ2n) is 4.76. The molecule has 0 spiro atoms. The van der Waals surface area contributed by atoms with Gasteiger partial charge in [0.25, 0.3) is 0 Å². The van der Waals surface area contributed by atoms with E-state index in [4.69, 9.17) is 4.74 Å². The minimum atomic E-state index is -0.0901. The lowest BCUT2D eigenvalue weighted by molar-refractivity contribution is 0.123. The summed E-state index contributed by atoms with van der Waals surface area (Å²) in [7, 11) is 0. The second-order valence-corrected chi connectivity index (χ2v) is 4.76. The van der Waals surface area contributed by atoms with Crippen LogP contribution in [0.2, 0.25) is 0 Å². The fourth-order valence-electron chi connectivity index (χ4n) is 1.74. The molecule has 1 aliphatic carbocycles. The van der Waals surface area contributed by atoms with Crippen LogP contribution < -0.4 is 10.6 Å². The minimum Gasteiger partial charge on any atom is -0.375 e. The monoisotopic (exact) mass is 248 g/mol. The van der Waals surface area contributed by atoms with Crippen molar-refractivity contribution < 1.29 is 9.53 Å². The quantitative estimate of drug-likeness (QED) is 0.756. The molecule has 1 aliphatic rings. The molecule has 0 bridgehead atoms. The molecule has 1 aromatic carbocycles. The molecule has 0 aromatic heterocycles. The molecular weight excluding hydrogens is 228 g/mol. The standard InChI is InChI=1S/C14H20N2O2/c1-11-9-13(11)16-14(17)15-7-8-18-10-12-5-3-2-4-6-12/h2-6,11,13H,7-10H2,1H3,(H2,15,16,17)/t11-,13+/m1/s1. The van der Waals surface area contributed by atoms with Crippen LogP contribution in [0.1, 0.15) is 18.9 Å². The largest absolute Gasteiger partial charge is 0.375 e. The highest BCUT2D eigenvalue weighted by Gasteiger charge is 2.33. The van der Waals surface area contributed by atoms with E-state index in [9.17, 15) is 4.79 Å². The van der Waals surface area contributed by atoms with Gasteiger partial charge in [-0.15, -0.1) is 0 Å². The molecule has 18 heavy (non-hydrogen) atoms. The zero-order valence-electron chi connectivity index (χ0n) is 10.7. The summed E-state index contributed by atoms with van der Waals surface area (Å²) < 4.78 is 5.47. The number of rotatable bonds is 6. The van der Waals surface area contributed by atoms with Crippen LogP contribution in [-0.4, -0.2) is 25.2 Å². The van der Waals surface area contributed by atoms with Gasteiger partial charge in [-0.05, 0) is 17.9 Å². The summed E-state index contributed by atoms with van der Waals surface area (Å²) in [5.74, 6) is 0.630. The number of ether oxygens (including phenoxy) is 1. The Kier molecular flexibility index (Phi) is 4.59. The number of urea groups is 1. The van der Waals surface area contributed by atoms with Crippen molar-refractivity contribution >= 4 is 6.03 Å². The summed E-state index contributed by atoms with van der Waals surface area (Å²) in [5, 5.41) is 5.69. The van der Waals surface area contributed by atoms with Crippen LogP contribution in [0.4, 0.5) is 4.79 Å². The lowest BCUT2D eigenvalue weighted by Crippen LogP contribution is -2.38. The predicted molar refractivity (Wildman–Crippen MR) is 70.2 cm³/mol. The summed E-state index contributed by atoms with van der Waals surface area (Å²) in [5.41, 5.74) is 1.15. The maximum atomic E-state index is 11.4. The van der Waals surface area contributed by atoms with Crippen LogP contribution in [-0.2, 0) is 11.3 Å². The molecule has 1 aromatic rings. The Morgan fingerprint density at radius 3 is 2.78 bits per heavy atom. The molecule has 4 heteroatoms. The number of benzene rings is 1. The van der Waals surface area contributed by atoms with E-state index >= 15 is 0 Å². The molecule has 0 heterocycles. The summed E-state index contributed by atoms with van der Waals surface area (Å²) >= 11 is 0. The fourth-order valence-corrected chi connectivity index (χ4v) is 1.74. The average molecular weight is 248 g/mol. The van der Waals surface area contributed by atoms with Crippen LogP contribution in [0, 0.1) is 5.92 Å². The number of hydrogen-bond donors (Lipinski definition) is 2. The molecule has 2 N–H and O–H groups in total.